The van der Waals surface area contributed by atoms with Crippen LogP contribution in [-0.4, -0.2) is 6.61 Å². The molecule has 2 aromatic carbocycles. The van der Waals surface area contributed by atoms with Crippen molar-refractivity contribution in [1.82, 2.24) is 0 Å². The fourth-order valence-electron chi connectivity index (χ4n) is 1.98. The molecular formula is C17H16NO2P. The van der Waals surface area contributed by atoms with Crippen LogP contribution in [0.5, 0.6) is 0 Å². The molecule has 0 saturated carbocycles. The molecule has 0 aromatic heterocycles. The first-order chi connectivity index (χ1) is 10.2. The third-order valence-corrected chi connectivity index (χ3v) is 5.40. The van der Waals surface area contributed by atoms with E-state index in [4.69, 9.17) is 4.52 Å². The highest BCUT2D eigenvalue weighted by Gasteiger charge is 2.30. The van der Waals surface area contributed by atoms with E-state index in [1.165, 1.54) is 0 Å². The summed E-state index contributed by atoms with van der Waals surface area (Å²) in [5.74, 6) is 0. The molecule has 0 spiro atoms. The van der Waals surface area contributed by atoms with Gasteiger partial charge in [-0.05, 0) is 30.7 Å². The highest BCUT2D eigenvalue weighted by atomic mass is 31.2. The molecule has 0 bridgehead atoms. The smallest absolute Gasteiger partial charge is 0.271 e. The fraction of sp³-hybridized carbons (Fsp3) is 0.118. The second kappa shape index (κ2) is 7.04. The van der Waals surface area contributed by atoms with Gasteiger partial charge < -0.3 is 4.52 Å². The predicted molar refractivity (Wildman–Crippen MR) is 85.3 cm³/mol. The van der Waals surface area contributed by atoms with Crippen LogP contribution < -0.4 is 5.30 Å². The zero-order valence-corrected chi connectivity index (χ0v) is 12.7. The maximum absolute atomic E-state index is 13.2. The minimum absolute atomic E-state index is 0.154. The number of rotatable bonds is 5. The van der Waals surface area contributed by atoms with Gasteiger partial charge in [-0.2, -0.15) is 5.26 Å². The van der Waals surface area contributed by atoms with Gasteiger partial charge in [0.25, 0.3) is 7.37 Å². The van der Waals surface area contributed by atoms with Gasteiger partial charge in [-0.1, -0.05) is 48.5 Å². The molecular weight excluding hydrogens is 281 g/mol. The van der Waals surface area contributed by atoms with Crippen molar-refractivity contribution in [3.63, 3.8) is 0 Å². The van der Waals surface area contributed by atoms with Crippen molar-refractivity contribution >= 4 is 18.7 Å². The second-order valence-electron chi connectivity index (χ2n) is 4.36. The van der Waals surface area contributed by atoms with E-state index in [0.717, 1.165) is 5.56 Å². The Morgan fingerprint density at radius 2 is 1.71 bits per heavy atom. The van der Waals surface area contributed by atoms with E-state index in [0.29, 0.717) is 5.30 Å². The molecule has 3 nitrogen and oxygen atoms in total. The molecule has 0 amide bonds. The standard InChI is InChI=1S/C17H16NO2P/c1-2-20-21(19,16-11-7-4-8-12-16)17(14-18)13-15-9-5-3-6-10-15/h3-13H,2H2,1H3. The number of nitrogens with zero attached hydrogens (tertiary/aromatic N) is 1. The lowest BCUT2D eigenvalue weighted by atomic mass is 10.2. The number of hydrogen-bond donors (Lipinski definition) is 0. The summed E-state index contributed by atoms with van der Waals surface area (Å²) in [6, 6.07) is 20.3. The van der Waals surface area contributed by atoms with Crippen molar-refractivity contribution in [2.75, 3.05) is 6.61 Å². The molecule has 0 radical (unpaired) electrons. The van der Waals surface area contributed by atoms with Crippen LogP contribution in [0.2, 0.25) is 0 Å². The summed E-state index contributed by atoms with van der Waals surface area (Å²) in [5, 5.41) is 10.1. The molecule has 0 heterocycles. The topological polar surface area (TPSA) is 50.1 Å². The molecule has 0 N–H and O–H groups in total. The molecule has 4 heteroatoms. The van der Waals surface area contributed by atoms with Gasteiger partial charge in [0.15, 0.2) is 0 Å². The highest BCUT2D eigenvalue weighted by Crippen LogP contribution is 2.54. The zero-order valence-electron chi connectivity index (χ0n) is 11.8. The normalized spacial score (nSPS) is 14.2. The third-order valence-electron chi connectivity index (χ3n) is 2.94. The minimum Gasteiger partial charge on any atom is -0.322 e. The van der Waals surface area contributed by atoms with Gasteiger partial charge in [0.1, 0.15) is 11.4 Å². The minimum atomic E-state index is -3.35. The maximum atomic E-state index is 13.2. The SMILES string of the molecule is CCOP(=O)(C(C#N)=Cc1ccccc1)c1ccccc1. The van der Waals surface area contributed by atoms with E-state index < -0.39 is 7.37 Å². The highest BCUT2D eigenvalue weighted by molar-refractivity contribution is 7.71. The van der Waals surface area contributed by atoms with E-state index in [1.807, 2.05) is 42.5 Å². The van der Waals surface area contributed by atoms with Crippen LogP contribution in [0.4, 0.5) is 0 Å². The average molecular weight is 297 g/mol. The Balaban J connectivity index is 2.53. The second-order valence-corrected chi connectivity index (χ2v) is 6.72. The summed E-state index contributed by atoms with van der Waals surface area (Å²) < 4.78 is 18.7. The van der Waals surface area contributed by atoms with Gasteiger partial charge in [-0.25, -0.2) is 0 Å². The molecule has 0 aliphatic rings. The van der Waals surface area contributed by atoms with Crippen LogP contribution in [0, 0.1) is 11.3 Å². The van der Waals surface area contributed by atoms with Crippen LogP contribution in [0.25, 0.3) is 6.08 Å². The monoisotopic (exact) mass is 297 g/mol. The summed E-state index contributed by atoms with van der Waals surface area (Å²) >= 11 is 0. The number of hydrogen-bond acceptors (Lipinski definition) is 3. The summed E-state index contributed by atoms with van der Waals surface area (Å²) in [7, 11) is -3.35. The Kier molecular flexibility index (Phi) is 5.11. The third kappa shape index (κ3) is 3.49. The fourth-order valence-corrected chi connectivity index (χ4v) is 3.92. The van der Waals surface area contributed by atoms with E-state index >= 15 is 0 Å². The van der Waals surface area contributed by atoms with Gasteiger partial charge in [0.2, 0.25) is 0 Å². The molecule has 2 rings (SSSR count). The molecule has 21 heavy (non-hydrogen) atoms. The van der Waals surface area contributed by atoms with Crippen molar-refractivity contribution in [3.8, 4) is 6.07 Å². The Morgan fingerprint density at radius 3 is 2.24 bits per heavy atom. The zero-order chi connectivity index (χ0) is 15.1. The molecule has 106 valence electrons. The van der Waals surface area contributed by atoms with E-state index in [1.54, 1.807) is 37.3 Å². The molecule has 0 saturated heterocycles. The van der Waals surface area contributed by atoms with Gasteiger partial charge in [0.05, 0.1) is 6.61 Å². The first kappa shape index (κ1) is 15.3. The van der Waals surface area contributed by atoms with Crippen molar-refractivity contribution in [2.45, 2.75) is 6.92 Å². The van der Waals surface area contributed by atoms with E-state index in [2.05, 4.69) is 0 Å². The number of benzene rings is 2. The first-order valence-corrected chi connectivity index (χ1v) is 8.31. The van der Waals surface area contributed by atoms with E-state index in [9.17, 15) is 9.83 Å². The van der Waals surface area contributed by atoms with Crippen LogP contribution >= 0.6 is 7.37 Å². The molecule has 0 fully saturated rings. The quantitative estimate of drug-likeness (QED) is 0.614. The summed E-state index contributed by atoms with van der Waals surface area (Å²) in [4.78, 5) is 0. The van der Waals surface area contributed by atoms with Crippen LogP contribution in [0.1, 0.15) is 12.5 Å². The number of allylic oxidation sites excluding steroid dienone is 1. The van der Waals surface area contributed by atoms with Crippen LogP contribution in [0.15, 0.2) is 66.0 Å². The van der Waals surface area contributed by atoms with Gasteiger partial charge in [-0.15, -0.1) is 0 Å². The van der Waals surface area contributed by atoms with Crippen molar-refractivity contribution in [2.24, 2.45) is 0 Å². The van der Waals surface area contributed by atoms with Crippen LogP contribution in [0.3, 0.4) is 0 Å². The molecule has 2 aromatic rings. The molecule has 1 atom stereocenters. The lowest BCUT2D eigenvalue weighted by Gasteiger charge is -2.17. The lowest BCUT2D eigenvalue weighted by molar-refractivity contribution is 0.346. The van der Waals surface area contributed by atoms with Gasteiger partial charge >= 0.3 is 0 Å². The Morgan fingerprint density at radius 1 is 1.14 bits per heavy atom. The average Bonchev–Trinajstić information content (AvgIpc) is 2.54. The summed E-state index contributed by atoms with van der Waals surface area (Å²) in [5.41, 5.74) is 0.824. The van der Waals surface area contributed by atoms with Crippen molar-refractivity contribution in [3.05, 3.63) is 71.5 Å². The molecule has 1 unspecified atom stereocenters. The van der Waals surface area contributed by atoms with Gasteiger partial charge in [0, 0.05) is 5.30 Å². The Hall–Kier alpha value is -2.14. The Labute approximate surface area is 125 Å². The predicted octanol–water partition coefficient (Wildman–Crippen LogP) is 4.19. The molecule has 0 aliphatic carbocycles. The number of nitriles is 1. The summed E-state index contributed by atoms with van der Waals surface area (Å²) in [6.07, 6.45) is 1.63. The molecule has 0 aliphatic heterocycles. The van der Waals surface area contributed by atoms with E-state index in [-0.39, 0.29) is 11.9 Å². The first-order valence-electron chi connectivity index (χ1n) is 6.68. The van der Waals surface area contributed by atoms with Crippen molar-refractivity contribution < 1.29 is 9.09 Å². The van der Waals surface area contributed by atoms with Crippen molar-refractivity contribution in [1.29, 1.82) is 5.26 Å². The summed E-state index contributed by atoms with van der Waals surface area (Å²) in [6.45, 7) is 2.05. The maximum Gasteiger partial charge on any atom is 0.271 e. The van der Waals surface area contributed by atoms with Crippen LogP contribution in [-0.2, 0) is 9.09 Å². The lowest BCUT2D eigenvalue weighted by Crippen LogP contribution is -2.08. The van der Waals surface area contributed by atoms with Gasteiger partial charge in [-0.3, -0.25) is 4.57 Å². The largest absolute Gasteiger partial charge is 0.322 e. The Bertz CT molecular complexity index is 703.